The van der Waals surface area contributed by atoms with Crippen LogP contribution < -0.4 is 15.0 Å². The fraction of sp³-hybridized carbons (Fsp3) is 0.310. The van der Waals surface area contributed by atoms with Gasteiger partial charge in [-0.1, -0.05) is 35.3 Å². The molecule has 7 rings (SSSR count). The predicted molar refractivity (Wildman–Crippen MR) is 155 cm³/mol. The number of nitrogens with zero attached hydrogens (tertiary/aromatic N) is 3. The number of aromatic nitrogens is 2. The summed E-state index contributed by atoms with van der Waals surface area (Å²) < 4.78 is 48.3. The smallest absolute Gasteiger partial charge is 0.234 e. The normalized spacial score (nSPS) is 22.2. The van der Waals surface area contributed by atoms with Gasteiger partial charge in [0, 0.05) is 23.4 Å². The summed E-state index contributed by atoms with van der Waals surface area (Å²) in [5, 5.41) is 8.77. The number of amides is 1. The summed E-state index contributed by atoms with van der Waals surface area (Å²) in [7, 11) is -3.49. The van der Waals surface area contributed by atoms with Gasteiger partial charge in [0.2, 0.25) is 11.8 Å². The van der Waals surface area contributed by atoms with Crippen LogP contribution in [0, 0.1) is 11.7 Å². The Balaban J connectivity index is 1.49. The fourth-order valence-corrected chi connectivity index (χ4v) is 7.00. The zero-order valence-electron chi connectivity index (χ0n) is 21.9. The van der Waals surface area contributed by atoms with Crippen LogP contribution in [0.2, 0.25) is 10.0 Å². The first-order chi connectivity index (χ1) is 19.6. The number of sulfone groups is 1. The van der Waals surface area contributed by atoms with E-state index in [0.717, 1.165) is 24.8 Å². The van der Waals surface area contributed by atoms with E-state index in [-0.39, 0.29) is 22.1 Å². The van der Waals surface area contributed by atoms with Gasteiger partial charge in [0.05, 0.1) is 50.2 Å². The third kappa shape index (κ3) is 4.52. The third-order valence-electron chi connectivity index (χ3n) is 8.14. The van der Waals surface area contributed by atoms with Gasteiger partial charge < -0.3 is 15.0 Å². The largest absolute Gasteiger partial charge is 0.475 e. The van der Waals surface area contributed by atoms with Crippen molar-refractivity contribution in [1.82, 2.24) is 9.78 Å². The lowest BCUT2D eigenvalue weighted by molar-refractivity contribution is -0.119. The number of hydrogen-bond acceptors (Lipinski definition) is 6. The average molecular weight is 616 g/mol. The highest BCUT2D eigenvalue weighted by molar-refractivity contribution is 7.90. The lowest BCUT2D eigenvalue weighted by atomic mass is 9.83. The van der Waals surface area contributed by atoms with Crippen molar-refractivity contribution in [3.63, 3.8) is 0 Å². The molecule has 2 aliphatic heterocycles. The molecular formula is C29H25Cl2FN4O4S. The van der Waals surface area contributed by atoms with Gasteiger partial charge in [-0.2, -0.15) is 5.10 Å². The van der Waals surface area contributed by atoms with E-state index in [1.165, 1.54) is 18.2 Å². The van der Waals surface area contributed by atoms with Crippen LogP contribution in [0.15, 0.2) is 59.5 Å². The summed E-state index contributed by atoms with van der Waals surface area (Å²) in [6, 6.07) is 13.5. The SMILES string of the molecule is CS(=O)(=O)c1ccc2c3n(nc2c1)[C@@H]1[C@@H](c2cccc(Cl)c2F)C(=O)Nc2cc(Cl)ccc2N(CC2CC2)[C@@H]1CO3. The second-order valence-electron chi connectivity index (χ2n) is 10.9. The summed E-state index contributed by atoms with van der Waals surface area (Å²) >= 11 is 12.6. The number of fused-ring (bicyclic) bond motifs is 6. The molecule has 212 valence electrons. The lowest BCUT2D eigenvalue weighted by Gasteiger charge is -2.46. The van der Waals surface area contributed by atoms with Crippen LogP contribution in [0.1, 0.15) is 30.4 Å². The Labute approximate surface area is 245 Å². The Kier molecular flexibility index (Phi) is 6.22. The minimum absolute atomic E-state index is 0.0945. The predicted octanol–water partition coefficient (Wildman–Crippen LogP) is 5.84. The van der Waals surface area contributed by atoms with E-state index in [9.17, 15) is 13.2 Å². The maximum atomic E-state index is 15.7. The van der Waals surface area contributed by atoms with Crippen LogP contribution in [0.4, 0.5) is 15.8 Å². The van der Waals surface area contributed by atoms with Gasteiger partial charge in [-0.15, -0.1) is 0 Å². The first-order valence-corrected chi connectivity index (χ1v) is 15.9. The highest BCUT2D eigenvalue weighted by Crippen LogP contribution is 2.48. The van der Waals surface area contributed by atoms with Crippen LogP contribution >= 0.6 is 23.2 Å². The molecule has 1 aliphatic carbocycles. The molecule has 8 nitrogen and oxygen atoms in total. The molecular weight excluding hydrogens is 590 g/mol. The van der Waals surface area contributed by atoms with Gasteiger partial charge in [0.1, 0.15) is 12.4 Å². The van der Waals surface area contributed by atoms with E-state index in [4.69, 9.17) is 33.0 Å². The van der Waals surface area contributed by atoms with Crippen LogP contribution in [-0.4, -0.2) is 49.6 Å². The van der Waals surface area contributed by atoms with Gasteiger partial charge in [0.15, 0.2) is 9.84 Å². The Morgan fingerprint density at radius 3 is 2.68 bits per heavy atom. The number of halogens is 3. The van der Waals surface area contributed by atoms with E-state index in [0.29, 0.717) is 40.0 Å². The standard InChI is InChI=1S/C29H25Cl2FN4O4S/c1-41(38,39)17-8-9-18-21(12-17)34-36-27-24(14-40-29(18)36)35(13-15-5-6-15)23-10-7-16(30)11-22(23)33-28(37)25(27)19-3-2-4-20(31)26(19)32/h2-4,7-12,15,24-25,27H,5-6,13-14H2,1H3,(H,33,37)/t24-,25-,27+/m1/s1. The molecule has 0 saturated heterocycles. The van der Waals surface area contributed by atoms with E-state index >= 15 is 4.39 Å². The summed E-state index contributed by atoms with van der Waals surface area (Å²) in [4.78, 5) is 16.5. The Hall–Kier alpha value is -3.34. The zero-order chi connectivity index (χ0) is 28.6. The molecule has 3 aliphatic rings. The van der Waals surface area contributed by atoms with Gasteiger partial charge in [-0.05, 0) is 61.2 Å². The zero-order valence-corrected chi connectivity index (χ0v) is 24.2. The van der Waals surface area contributed by atoms with Gasteiger partial charge in [-0.3, -0.25) is 4.79 Å². The molecule has 0 spiro atoms. The summed E-state index contributed by atoms with van der Waals surface area (Å²) in [5.41, 5.74) is 1.85. The molecule has 1 saturated carbocycles. The minimum Gasteiger partial charge on any atom is -0.475 e. The number of anilines is 2. The number of carbonyl (C=O) groups is 1. The van der Waals surface area contributed by atoms with Crippen molar-refractivity contribution in [2.75, 3.05) is 29.6 Å². The molecule has 1 N–H and O–H groups in total. The number of ether oxygens (including phenoxy) is 1. The molecule has 4 aromatic rings. The first-order valence-electron chi connectivity index (χ1n) is 13.3. The van der Waals surface area contributed by atoms with Crippen LogP contribution in [0.3, 0.4) is 0 Å². The minimum atomic E-state index is -3.49. The van der Waals surface area contributed by atoms with Crippen molar-refractivity contribution in [3.05, 3.63) is 76.0 Å². The number of hydrogen-bond donors (Lipinski definition) is 1. The Bertz CT molecular complexity index is 1840. The molecule has 12 heteroatoms. The summed E-state index contributed by atoms with van der Waals surface area (Å²) in [5.74, 6) is -1.33. The first kappa shape index (κ1) is 26.6. The third-order valence-corrected chi connectivity index (χ3v) is 9.77. The molecule has 3 aromatic carbocycles. The molecule has 1 aromatic heterocycles. The highest BCUT2D eigenvalue weighted by atomic mass is 35.5. The van der Waals surface area contributed by atoms with Crippen LogP contribution in [0.5, 0.6) is 5.88 Å². The summed E-state index contributed by atoms with van der Waals surface area (Å²) in [6.45, 7) is 0.897. The molecule has 1 amide bonds. The molecule has 0 bridgehead atoms. The molecule has 41 heavy (non-hydrogen) atoms. The Morgan fingerprint density at radius 2 is 1.93 bits per heavy atom. The number of rotatable bonds is 4. The van der Waals surface area contributed by atoms with Crippen molar-refractivity contribution in [1.29, 1.82) is 0 Å². The maximum Gasteiger partial charge on any atom is 0.234 e. The second-order valence-corrected chi connectivity index (χ2v) is 13.8. The van der Waals surface area contributed by atoms with Gasteiger partial charge in [-0.25, -0.2) is 17.5 Å². The second kappa shape index (κ2) is 9.61. The summed E-state index contributed by atoms with van der Waals surface area (Å²) in [6.07, 6.45) is 3.30. The molecule has 3 heterocycles. The molecule has 3 atom stereocenters. The van der Waals surface area contributed by atoms with Crippen LogP contribution in [-0.2, 0) is 14.6 Å². The van der Waals surface area contributed by atoms with E-state index in [1.807, 2.05) is 6.07 Å². The Morgan fingerprint density at radius 1 is 1.12 bits per heavy atom. The van der Waals surface area contributed by atoms with Crippen molar-refractivity contribution < 1.29 is 22.3 Å². The number of carbonyl (C=O) groups excluding carboxylic acids is 1. The van der Waals surface area contributed by atoms with Crippen molar-refractivity contribution in [2.24, 2.45) is 5.92 Å². The number of benzene rings is 3. The van der Waals surface area contributed by atoms with E-state index in [2.05, 4.69) is 10.2 Å². The number of nitrogens with one attached hydrogen (secondary N) is 1. The van der Waals surface area contributed by atoms with Gasteiger partial charge in [0.25, 0.3) is 0 Å². The van der Waals surface area contributed by atoms with Crippen LogP contribution in [0.25, 0.3) is 10.9 Å². The topological polar surface area (TPSA) is 93.5 Å². The quantitative estimate of drug-likeness (QED) is 0.310. The molecule has 1 fully saturated rings. The van der Waals surface area contributed by atoms with E-state index < -0.39 is 39.6 Å². The molecule has 0 radical (unpaired) electrons. The highest BCUT2D eigenvalue weighted by Gasteiger charge is 2.48. The fourth-order valence-electron chi connectivity index (χ4n) is 6.00. The van der Waals surface area contributed by atoms with Gasteiger partial charge >= 0.3 is 0 Å². The van der Waals surface area contributed by atoms with Crippen molar-refractivity contribution >= 4 is 61.2 Å². The van der Waals surface area contributed by atoms with E-state index in [1.54, 1.807) is 35.0 Å². The average Bonchev–Trinajstić information content (AvgIpc) is 3.67. The maximum absolute atomic E-state index is 15.7. The van der Waals surface area contributed by atoms with Crippen molar-refractivity contribution in [2.45, 2.75) is 35.7 Å². The van der Waals surface area contributed by atoms with Crippen molar-refractivity contribution in [3.8, 4) is 5.88 Å². The lowest BCUT2D eigenvalue weighted by Crippen LogP contribution is -2.54. The molecule has 0 unspecified atom stereocenters. The monoisotopic (exact) mass is 614 g/mol.